The molecule has 1 aliphatic rings. The Balaban J connectivity index is 1.72. The minimum Gasteiger partial charge on any atom is -0.378 e. The van der Waals surface area contributed by atoms with Gasteiger partial charge in [-0.3, -0.25) is 4.98 Å². The van der Waals surface area contributed by atoms with Gasteiger partial charge in [-0.2, -0.15) is 0 Å². The normalized spacial score (nSPS) is 15.1. The fourth-order valence-electron chi connectivity index (χ4n) is 2.87. The van der Waals surface area contributed by atoms with Gasteiger partial charge in [-0.1, -0.05) is 35.9 Å². The standard InChI is InChI=1S/C19H19N3O/c1-14-2-4-15(5-3-14)16-6-7-17-18(12-16)21-19(13-20-17)22-8-10-23-11-9-22/h2-7,12-13H,8-11H2,1H3. The summed E-state index contributed by atoms with van der Waals surface area (Å²) >= 11 is 0. The summed E-state index contributed by atoms with van der Waals surface area (Å²) in [5, 5.41) is 0. The molecule has 3 aromatic rings. The van der Waals surface area contributed by atoms with Gasteiger partial charge in [0.05, 0.1) is 30.4 Å². The maximum Gasteiger partial charge on any atom is 0.148 e. The molecular weight excluding hydrogens is 286 g/mol. The summed E-state index contributed by atoms with van der Waals surface area (Å²) in [6, 6.07) is 14.8. The van der Waals surface area contributed by atoms with E-state index in [0.717, 1.165) is 43.2 Å². The van der Waals surface area contributed by atoms with E-state index in [1.807, 2.05) is 12.3 Å². The highest BCUT2D eigenvalue weighted by atomic mass is 16.5. The smallest absolute Gasteiger partial charge is 0.148 e. The van der Waals surface area contributed by atoms with Gasteiger partial charge in [0.2, 0.25) is 0 Å². The van der Waals surface area contributed by atoms with E-state index in [9.17, 15) is 0 Å². The van der Waals surface area contributed by atoms with Crippen molar-refractivity contribution in [3.63, 3.8) is 0 Å². The molecule has 0 radical (unpaired) electrons. The summed E-state index contributed by atoms with van der Waals surface area (Å²) in [5.41, 5.74) is 5.51. The fraction of sp³-hybridized carbons (Fsp3) is 0.263. The molecule has 116 valence electrons. The van der Waals surface area contributed by atoms with Gasteiger partial charge >= 0.3 is 0 Å². The van der Waals surface area contributed by atoms with Crippen LogP contribution in [-0.2, 0) is 4.74 Å². The van der Waals surface area contributed by atoms with Crippen LogP contribution in [0.1, 0.15) is 5.56 Å². The molecule has 2 aromatic carbocycles. The third kappa shape index (κ3) is 2.90. The summed E-state index contributed by atoms with van der Waals surface area (Å²) in [6.07, 6.45) is 1.86. The monoisotopic (exact) mass is 305 g/mol. The fourth-order valence-corrected chi connectivity index (χ4v) is 2.87. The van der Waals surface area contributed by atoms with Crippen molar-refractivity contribution in [1.29, 1.82) is 0 Å². The molecule has 0 amide bonds. The summed E-state index contributed by atoms with van der Waals surface area (Å²) in [7, 11) is 0. The largest absolute Gasteiger partial charge is 0.378 e. The van der Waals surface area contributed by atoms with Gasteiger partial charge in [0.1, 0.15) is 5.82 Å². The van der Waals surface area contributed by atoms with Crippen molar-refractivity contribution in [3.05, 3.63) is 54.2 Å². The third-order valence-electron chi connectivity index (χ3n) is 4.25. The van der Waals surface area contributed by atoms with Crippen molar-refractivity contribution < 1.29 is 4.74 Å². The van der Waals surface area contributed by atoms with Crippen molar-refractivity contribution in [3.8, 4) is 11.1 Å². The Morgan fingerprint density at radius 2 is 1.65 bits per heavy atom. The van der Waals surface area contributed by atoms with Crippen LogP contribution in [0, 0.1) is 6.92 Å². The lowest BCUT2D eigenvalue weighted by Crippen LogP contribution is -2.36. The van der Waals surface area contributed by atoms with Crippen molar-refractivity contribution in [2.24, 2.45) is 0 Å². The number of rotatable bonds is 2. The van der Waals surface area contributed by atoms with Crippen molar-refractivity contribution >= 4 is 16.9 Å². The number of aryl methyl sites for hydroxylation is 1. The molecule has 2 heterocycles. The predicted octanol–water partition coefficient (Wildman–Crippen LogP) is 3.44. The molecular formula is C19H19N3O. The zero-order valence-corrected chi connectivity index (χ0v) is 13.2. The molecule has 4 nitrogen and oxygen atoms in total. The summed E-state index contributed by atoms with van der Waals surface area (Å²) in [6.45, 7) is 5.35. The molecule has 0 bridgehead atoms. The highest BCUT2D eigenvalue weighted by molar-refractivity contribution is 5.82. The van der Waals surface area contributed by atoms with E-state index < -0.39 is 0 Å². The topological polar surface area (TPSA) is 38.2 Å². The second kappa shape index (κ2) is 5.97. The second-order valence-corrected chi connectivity index (χ2v) is 5.90. The Morgan fingerprint density at radius 3 is 2.43 bits per heavy atom. The number of benzene rings is 2. The molecule has 0 saturated carbocycles. The number of morpholine rings is 1. The molecule has 0 atom stereocenters. The second-order valence-electron chi connectivity index (χ2n) is 5.90. The molecule has 1 fully saturated rings. The van der Waals surface area contributed by atoms with Crippen LogP contribution >= 0.6 is 0 Å². The number of nitrogens with zero attached hydrogens (tertiary/aromatic N) is 3. The van der Waals surface area contributed by atoms with Gasteiger partial charge in [0.15, 0.2) is 0 Å². The number of aromatic nitrogens is 2. The van der Waals surface area contributed by atoms with Gasteiger partial charge in [-0.05, 0) is 30.2 Å². The molecule has 4 rings (SSSR count). The van der Waals surface area contributed by atoms with Crippen LogP contribution in [0.2, 0.25) is 0 Å². The number of ether oxygens (including phenoxy) is 1. The van der Waals surface area contributed by atoms with Gasteiger partial charge in [0.25, 0.3) is 0 Å². The van der Waals surface area contributed by atoms with E-state index >= 15 is 0 Å². The molecule has 0 aliphatic carbocycles. The zero-order valence-electron chi connectivity index (χ0n) is 13.2. The molecule has 1 aromatic heterocycles. The highest BCUT2D eigenvalue weighted by Crippen LogP contribution is 2.24. The molecule has 0 unspecified atom stereocenters. The van der Waals surface area contributed by atoms with Gasteiger partial charge in [0, 0.05) is 13.1 Å². The van der Waals surface area contributed by atoms with E-state index in [1.165, 1.54) is 16.7 Å². The van der Waals surface area contributed by atoms with Gasteiger partial charge < -0.3 is 9.64 Å². The van der Waals surface area contributed by atoms with Crippen LogP contribution in [0.4, 0.5) is 5.82 Å². The van der Waals surface area contributed by atoms with Crippen LogP contribution in [0.3, 0.4) is 0 Å². The van der Waals surface area contributed by atoms with Crippen molar-refractivity contribution in [2.45, 2.75) is 6.92 Å². The molecule has 1 saturated heterocycles. The molecule has 23 heavy (non-hydrogen) atoms. The van der Waals surface area contributed by atoms with Crippen LogP contribution in [-0.4, -0.2) is 36.3 Å². The highest BCUT2D eigenvalue weighted by Gasteiger charge is 2.13. The molecule has 0 N–H and O–H groups in total. The van der Waals surface area contributed by atoms with Crippen molar-refractivity contribution in [2.75, 3.05) is 31.2 Å². The minimum absolute atomic E-state index is 0.753. The first kappa shape index (κ1) is 14.2. The maximum atomic E-state index is 5.41. The van der Waals surface area contributed by atoms with Gasteiger partial charge in [-0.15, -0.1) is 0 Å². The first-order chi connectivity index (χ1) is 11.3. The average molecular weight is 305 g/mol. The van der Waals surface area contributed by atoms with Crippen LogP contribution < -0.4 is 4.90 Å². The number of hydrogen-bond donors (Lipinski definition) is 0. The van der Waals surface area contributed by atoms with Crippen LogP contribution in [0.5, 0.6) is 0 Å². The lowest BCUT2D eigenvalue weighted by Gasteiger charge is -2.27. The maximum absolute atomic E-state index is 5.41. The van der Waals surface area contributed by atoms with Crippen molar-refractivity contribution in [1.82, 2.24) is 9.97 Å². The first-order valence-corrected chi connectivity index (χ1v) is 7.96. The molecule has 0 spiro atoms. The van der Waals surface area contributed by atoms with E-state index in [-0.39, 0.29) is 0 Å². The molecule has 4 heteroatoms. The Kier molecular flexibility index (Phi) is 3.67. The number of anilines is 1. The lowest BCUT2D eigenvalue weighted by molar-refractivity contribution is 0.122. The van der Waals surface area contributed by atoms with Crippen LogP contribution in [0.15, 0.2) is 48.7 Å². The lowest BCUT2D eigenvalue weighted by atomic mass is 10.0. The summed E-state index contributed by atoms with van der Waals surface area (Å²) < 4.78 is 5.41. The van der Waals surface area contributed by atoms with E-state index in [1.54, 1.807) is 0 Å². The summed E-state index contributed by atoms with van der Waals surface area (Å²) in [5.74, 6) is 0.932. The van der Waals surface area contributed by atoms with Crippen LogP contribution in [0.25, 0.3) is 22.2 Å². The van der Waals surface area contributed by atoms with E-state index in [4.69, 9.17) is 9.72 Å². The number of hydrogen-bond acceptors (Lipinski definition) is 4. The average Bonchev–Trinajstić information content (AvgIpc) is 2.62. The Labute approximate surface area is 135 Å². The Hall–Kier alpha value is -2.46. The molecule has 1 aliphatic heterocycles. The Bertz CT molecular complexity index is 824. The SMILES string of the molecule is Cc1ccc(-c2ccc3ncc(N4CCOCC4)nc3c2)cc1. The minimum atomic E-state index is 0.753. The predicted molar refractivity (Wildman–Crippen MR) is 92.7 cm³/mol. The van der Waals surface area contributed by atoms with Gasteiger partial charge in [-0.25, -0.2) is 4.98 Å². The van der Waals surface area contributed by atoms with E-state index in [2.05, 4.69) is 53.2 Å². The first-order valence-electron chi connectivity index (χ1n) is 7.96. The zero-order chi connectivity index (χ0) is 15.6. The Morgan fingerprint density at radius 1 is 0.913 bits per heavy atom. The third-order valence-corrected chi connectivity index (χ3v) is 4.25. The number of fused-ring (bicyclic) bond motifs is 1. The quantitative estimate of drug-likeness (QED) is 0.727. The summed E-state index contributed by atoms with van der Waals surface area (Å²) in [4.78, 5) is 11.6. The van der Waals surface area contributed by atoms with E-state index in [0.29, 0.717) is 0 Å².